The van der Waals surface area contributed by atoms with Gasteiger partial charge in [0.2, 0.25) is 0 Å². The fourth-order valence-corrected chi connectivity index (χ4v) is 3.10. The molecular formula is C15H18O2S. The fourth-order valence-electron chi connectivity index (χ4n) is 2.18. The molecule has 0 amide bonds. The molecule has 0 radical (unpaired) electrons. The topological polar surface area (TPSA) is 26.3 Å². The molecule has 18 heavy (non-hydrogen) atoms. The highest BCUT2D eigenvalue weighted by molar-refractivity contribution is 7.17. The molecule has 0 bridgehead atoms. The van der Waals surface area contributed by atoms with Crippen LogP contribution in [0.5, 0.6) is 0 Å². The van der Waals surface area contributed by atoms with Gasteiger partial charge < -0.3 is 4.74 Å². The Hall–Kier alpha value is -1.19. The number of fused-ring (bicyclic) bond motifs is 1. The highest BCUT2D eigenvalue weighted by atomic mass is 32.1. The van der Waals surface area contributed by atoms with Gasteiger partial charge >= 0.3 is 0 Å². The van der Waals surface area contributed by atoms with Crippen LogP contribution < -0.4 is 0 Å². The molecule has 1 heterocycles. The molecule has 1 unspecified atom stereocenters. The minimum absolute atomic E-state index is 0.0676. The lowest BCUT2D eigenvalue weighted by molar-refractivity contribution is 0.0197. The number of benzene rings is 1. The highest BCUT2D eigenvalue weighted by Gasteiger charge is 2.32. The smallest absolute Gasteiger partial charge is 0.193 e. The van der Waals surface area contributed by atoms with Crippen molar-refractivity contribution in [2.75, 3.05) is 7.11 Å². The average Bonchev–Trinajstić information content (AvgIpc) is 2.75. The Morgan fingerprint density at radius 1 is 1.28 bits per heavy atom. The molecule has 0 aliphatic carbocycles. The standard InChI is InChI=1S/C15H18O2S/c1-15(2,3)14(17-4)12(16)11-7-5-6-10-8-9-18-13(10)11/h5-9,14H,1-4H3. The van der Waals surface area contributed by atoms with Crippen LogP contribution in [0.1, 0.15) is 31.1 Å². The number of ketones is 1. The van der Waals surface area contributed by atoms with E-state index in [4.69, 9.17) is 4.74 Å². The number of methoxy groups -OCH3 is 1. The van der Waals surface area contributed by atoms with E-state index >= 15 is 0 Å². The predicted octanol–water partition coefficient (Wildman–Crippen LogP) is 4.15. The molecule has 0 saturated carbocycles. The third kappa shape index (κ3) is 2.33. The monoisotopic (exact) mass is 262 g/mol. The molecule has 1 aromatic carbocycles. The van der Waals surface area contributed by atoms with Gasteiger partial charge in [-0.1, -0.05) is 32.9 Å². The lowest BCUT2D eigenvalue weighted by Gasteiger charge is -2.28. The van der Waals surface area contributed by atoms with Gasteiger partial charge in [0.25, 0.3) is 0 Å². The van der Waals surface area contributed by atoms with Gasteiger partial charge in [-0.05, 0) is 28.3 Å². The summed E-state index contributed by atoms with van der Waals surface area (Å²) in [5, 5.41) is 3.13. The van der Waals surface area contributed by atoms with Gasteiger partial charge in [0.15, 0.2) is 5.78 Å². The van der Waals surface area contributed by atoms with Crippen molar-refractivity contribution in [1.29, 1.82) is 0 Å². The zero-order valence-corrected chi connectivity index (χ0v) is 12.0. The van der Waals surface area contributed by atoms with Crippen molar-refractivity contribution in [3.05, 3.63) is 35.2 Å². The summed E-state index contributed by atoms with van der Waals surface area (Å²) in [6.45, 7) is 6.06. The molecule has 0 aliphatic heterocycles. The van der Waals surface area contributed by atoms with Gasteiger partial charge in [-0.3, -0.25) is 4.79 Å². The number of hydrogen-bond acceptors (Lipinski definition) is 3. The zero-order chi connectivity index (χ0) is 13.3. The second-order valence-electron chi connectivity index (χ2n) is 5.49. The van der Waals surface area contributed by atoms with Crippen LogP contribution in [0.3, 0.4) is 0 Å². The molecule has 0 spiro atoms. The molecule has 96 valence electrons. The van der Waals surface area contributed by atoms with E-state index in [0.29, 0.717) is 0 Å². The minimum atomic E-state index is -0.412. The van der Waals surface area contributed by atoms with E-state index in [-0.39, 0.29) is 11.2 Å². The van der Waals surface area contributed by atoms with Gasteiger partial charge in [0.05, 0.1) is 0 Å². The molecule has 2 rings (SSSR count). The van der Waals surface area contributed by atoms with E-state index in [9.17, 15) is 4.79 Å². The normalized spacial score (nSPS) is 13.8. The molecule has 1 atom stereocenters. The molecule has 3 heteroatoms. The maximum atomic E-state index is 12.6. The third-order valence-corrected chi connectivity index (χ3v) is 3.97. The molecule has 2 aromatic rings. The number of rotatable bonds is 3. The zero-order valence-electron chi connectivity index (χ0n) is 11.2. The SMILES string of the molecule is COC(C(=O)c1cccc2ccsc12)C(C)(C)C. The summed E-state index contributed by atoms with van der Waals surface area (Å²) in [7, 11) is 1.60. The van der Waals surface area contributed by atoms with Gasteiger partial charge in [-0.15, -0.1) is 11.3 Å². The van der Waals surface area contributed by atoms with Crippen LogP contribution >= 0.6 is 11.3 Å². The fraction of sp³-hybridized carbons (Fsp3) is 0.400. The maximum Gasteiger partial charge on any atom is 0.193 e. The van der Waals surface area contributed by atoms with E-state index in [1.165, 1.54) is 0 Å². The first kappa shape index (κ1) is 13.2. The largest absolute Gasteiger partial charge is 0.373 e. The molecule has 1 aromatic heterocycles. The Kier molecular flexibility index (Phi) is 3.55. The molecule has 0 saturated heterocycles. The van der Waals surface area contributed by atoms with Gasteiger partial charge in [-0.25, -0.2) is 0 Å². The lowest BCUT2D eigenvalue weighted by atomic mass is 9.84. The molecule has 0 N–H and O–H groups in total. The van der Waals surface area contributed by atoms with E-state index in [0.717, 1.165) is 15.6 Å². The Labute approximate surface area is 112 Å². The predicted molar refractivity (Wildman–Crippen MR) is 76.4 cm³/mol. The van der Waals surface area contributed by atoms with Crippen LogP contribution in [0.2, 0.25) is 0 Å². The van der Waals surface area contributed by atoms with Crippen molar-refractivity contribution >= 4 is 27.2 Å². The summed E-state index contributed by atoms with van der Waals surface area (Å²) in [5.41, 5.74) is 0.565. The first-order valence-electron chi connectivity index (χ1n) is 5.98. The summed E-state index contributed by atoms with van der Waals surface area (Å²) >= 11 is 1.60. The number of carbonyl (C=O) groups excluding carboxylic acids is 1. The number of hydrogen-bond donors (Lipinski definition) is 0. The summed E-state index contributed by atoms with van der Waals surface area (Å²) in [4.78, 5) is 12.6. The summed E-state index contributed by atoms with van der Waals surface area (Å²) in [6.07, 6.45) is -0.412. The van der Waals surface area contributed by atoms with Crippen molar-refractivity contribution in [1.82, 2.24) is 0 Å². The number of Topliss-reactive ketones (excluding diaryl/α,β-unsaturated/α-hetero) is 1. The van der Waals surface area contributed by atoms with E-state index < -0.39 is 6.10 Å². The Bertz CT molecular complexity index is 563. The van der Waals surface area contributed by atoms with Gasteiger partial charge in [0, 0.05) is 17.4 Å². The van der Waals surface area contributed by atoms with E-state index in [1.807, 2.05) is 50.4 Å². The van der Waals surface area contributed by atoms with Crippen molar-refractivity contribution < 1.29 is 9.53 Å². The Morgan fingerprint density at radius 3 is 2.61 bits per heavy atom. The van der Waals surface area contributed by atoms with Crippen LogP contribution in [0.15, 0.2) is 29.6 Å². The summed E-state index contributed by atoms with van der Waals surface area (Å²) in [5.74, 6) is 0.0676. The number of carbonyl (C=O) groups is 1. The quantitative estimate of drug-likeness (QED) is 0.777. The van der Waals surface area contributed by atoms with Crippen LogP contribution in [-0.2, 0) is 4.74 Å². The van der Waals surface area contributed by atoms with Crippen LogP contribution in [0, 0.1) is 5.41 Å². The van der Waals surface area contributed by atoms with Crippen molar-refractivity contribution in [2.24, 2.45) is 5.41 Å². The second-order valence-corrected chi connectivity index (χ2v) is 6.41. The van der Waals surface area contributed by atoms with Crippen molar-refractivity contribution in [3.63, 3.8) is 0 Å². The lowest BCUT2D eigenvalue weighted by Crippen LogP contribution is -2.36. The molecule has 0 fully saturated rings. The Balaban J connectivity index is 2.48. The summed E-state index contributed by atoms with van der Waals surface area (Å²) in [6, 6.07) is 7.88. The molecule has 0 aliphatic rings. The van der Waals surface area contributed by atoms with Crippen LogP contribution in [0.25, 0.3) is 10.1 Å². The van der Waals surface area contributed by atoms with Gasteiger partial charge in [-0.2, -0.15) is 0 Å². The minimum Gasteiger partial charge on any atom is -0.373 e. The van der Waals surface area contributed by atoms with Gasteiger partial charge in [0.1, 0.15) is 6.10 Å². The first-order valence-corrected chi connectivity index (χ1v) is 6.86. The Morgan fingerprint density at radius 2 is 2.00 bits per heavy atom. The van der Waals surface area contributed by atoms with Crippen molar-refractivity contribution in [2.45, 2.75) is 26.9 Å². The van der Waals surface area contributed by atoms with E-state index in [2.05, 4.69) is 0 Å². The number of ether oxygens (including phenoxy) is 1. The second kappa shape index (κ2) is 4.82. The van der Waals surface area contributed by atoms with E-state index in [1.54, 1.807) is 18.4 Å². The molecular weight excluding hydrogens is 244 g/mol. The van der Waals surface area contributed by atoms with Crippen LogP contribution in [-0.4, -0.2) is 19.0 Å². The summed E-state index contributed by atoms with van der Waals surface area (Å²) < 4.78 is 6.46. The number of thiophene rings is 1. The third-order valence-electron chi connectivity index (χ3n) is 3.00. The maximum absolute atomic E-state index is 12.6. The van der Waals surface area contributed by atoms with Crippen molar-refractivity contribution in [3.8, 4) is 0 Å². The first-order chi connectivity index (χ1) is 8.45. The molecule has 2 nitrogen and oxygen atoms in total. The van der Waals surface area contributed by atoms with Crippen LogP contribution in [0.4, 0.5) is 0 Å². The highest BCUT2D eigenvalue weighted by Crippen LogP contribution is 2.30. The average molecular weight is 262 g/mol.